The standard InChI is InChI=1S/C11H22N2OSi/c1-4-5-11-15(2,3)14-10-9-13-8-6-7-12-13/h6-8H,4-5,9-11H2,1-3H3. The Kier molecular flexibility index (Phi) is 5.05. The van der Waals surface area contributed by atoms with Crippen LogP contribution < -0.4 is 0 Å². The molecule has 0 aliphatic heterocycles. The summed E-state index contributed by atoms with van der Waals surface area (Å²) in [7, 11) is -1.40. The Balaban J connectivity index is 2.18. The molecule has 15 heavy (non-hydrogen) atoms. The van der Waals surface area contributed by atoms with Crippen molar-refractivity contribution in [1.29, 1.82) is 0 Å². The fourth-order valence-electron chi connectivity index (χ4n) is 1.52. The van der Waals surface area contributed by atoms with Gasteiger partial charge in [0.05, 0.1) is 13.2 Å². The first kappa shape index (κ1) is 12.5. The van der Waals surface area contributed by atoms with Crippen molar-refractivity contribution in [3.8, 4) is 0 Å². The molecule has 0 unspecified atom stereocenters. The van der Waals surface area contributed by atoms with Gasteiger partial charge >= 0.3 is 0 Å². The Hall–Kier alpha value is -0.613. The van der Waals surface area contributed by atoms with Crippen molar-refractivity contribution < 1.29 is 4.43 Å². The summed E-state index contributed by atoms with van der Waals surface area (Å²) in [5.41, 5.74) is 0. The lowest BCUT2D eigenvalue weighted by molar-refractivity contribution is 0.280. The monoisotopic (exact) mass is 226 g/mol. The highest BCUT2D eigenvalue weighted by molar-refractivity contribution is 6.71. The van der Waals surface area contributed by atoms with Gasteiger partial charge in [-0.15, -0.1) is 0 Å². The largest absolute Gasteiger partial charge is 0.415 e. The maximum atomic E-state index is 5.98. The lowest BCUT2D eigenvalue weighted by atomic mass is 10.4. The highest BCUT2D eigenvalue weighted by Crippen LogP contribution is 2.14. The first-order valence-electron chi connectivity index (χ1n) is 5.75. The molecule has 0 saturated heterocycles. The van der Waals surface area contributed by atoms with E-state index < -0.39 is 8.32 Å². The minimum atomic E-state index is -1.40. The lowest BCUT2D eigenvalue weighted by Crippen LogP contribution is -2.31. The predicted octanol–water partition coefficient (Wildman–Crippen LogP) is 2.90. The van der Waals surface area contributed by atoms with Gasteiger partial charge in [-0.05, 0) is 25.2 Å². The normalized spacial score (nSPS) is 11.9. The van der Waals surface area contributed by atoms with Gasteiger partial charge in [-0.25, -0.2) is 0 Å². The third-order valence-electron chi connectivity index (χ3n) is 2.50. The highest BCUT2D eigenvalue weighted by atomic mass is 28.4. The first-order chi connectivity index (χ1) is 7.14. The van der Waals surface area contributed by atoms with Crippen LogP contribution in [0.4, 0.5) is 0 Å². The van der Waals surface area contributed by atoms with Crippen molar-refractivity contribution in [2.45, 2.75) is 45.4 Å². The van der Waals surface area contributed by atoms with Crippen molar-refractivity contribution in [2.75, 3.05) is 6.61 Å². The number of rotatable bonds is 7. The fourth-order valence-corrected chi connectivity index (χ4v) is 3.52. The molecule has 0 radical (unpaired) electrons. The maximum absolute atomic E-state index is 5.98. The Morgan fingerprint density at radius 2 is 2.20 bits per heavy atom. The average molecular weight is 226 g/mol. The van der Waals surface area contributed by atoms with Gasteiger partial charge in [0.1, 0.15) is 0 Å². The number of hydrogen-bond donors (Lipinski definition) is 0. The molecule has 1 rings (SSSR count). The smallest absolute Gasteiger partial charge is 0.186 e. The van der Waals surface area contributed by atoms with Crippen LogP contribution in [0.2, 0.25) is 19.1 Å². The Morgan fingerprint density at radius 3 is 2.80 bits per heavy atom. The molecule has 4 heteroatoms. The lowest BCUT2D eigenvalue weighted by Gasteiger charge is -2.22. The van der Waals surface area contributed by atoms with Crippen LogP contribution in [0.15, 0.2) is 18.5 Å². The third-order valence-corrected chi connectivity index (χ3v) is 5.05. The molecule has 3 nitrogen and oxygen atoms in total. The number of hydrogen-bond acceptors (Lipinski definition) is 2. The van der Waals surface area contributed by atoms with E-state index in [-0.39, 0.29) is 0 Å². The van der Waals surface area contributed by atoms with Gasteiger partial charge in [0, 0.05) is 12.4 Å². The van der Waals surface area contributed by atoms with Crippen LogP contribution >= 0.6 is 0 Å². The van der Waals surface area contributed by atoms with Crippen LogP contribution in [-0.4, -0.2) is 24.7 Å². The third kappa shape index (κ3) is 5.13. The second-order valence-electron chi connectivity index (χ2n) is 4.48. The first-order valence-corrected chi connectivity index (χ1v) is 8.87. The van der Waals surface area contributed by atoms with Crippen LogP contribution in [0.5, 0.6) is 0 Å². The van der Waals surface area contributed by atoms with E-state index >= 15 is 0 Å². The van der Waals surface area contributed by atoms with Crippen molar-refractivity contribution in [3.05, 3.63) is 18.5 Å². The zero-order chi connectivity index (χ0) is 11.1. The van der Waals surface area contributed by atoms with E-state index in [1.54, 1.807) is 6.20 Å². The van der Waals surface area contributed by atoms with E-state index in [2.05, 4.69) is 25.1 Å². The van der Waals surface area contributed by atoms with Crippen LogP contribution in [0.3, 0.4) is 0 Å². The van der Waals surface area contributed by atoms with Gasteiger partial charge in [-0.3, -0.25) is 4.68 Å². The van der Waals surface area contributed by atoms with Crippen molar-refractivity contribution in [2.24, 2.45) is 0 Å². The molecule has 1 aromatic rings. The molecule has 0 atom stereocenters. The minimum Gasteiger partial charge on any atom is -0.415 e. The Labute approximate surface area is 93.6 Å². The molecule has 0 bridgehead atoms. The van der Waals surface area contributed by atoms with Gasteiger partial charge in [0.2, 0.25) is 0 Å². The molecule has 0 spiro atoms. The molecular weight excluding hydrogens is 204 g/mol. The summed E-state index contributed by atoms with van der Waals surface area (Å²) in [6.45, 7) is 8.49. The molecule has 86 valence electrons. The van der Waals surface area contributed by atoms with Gasteiger partial charge < -0.3 is 4.43 Å². The number of unbranched alkanes of at least 4 members (excludes halogenated alkanes) is 1. The van der Waals surface area contributed by atoms with Crippen LogP contribution in [0, 0.1) is 0 Å². The van der Waals surface area contributed by atoms with E-state index in [0.29, 0.717) is 0 Å². The van der Waals surface area contributed by atoms with Gasteiger partial charge in [-0.2, -0.15) is 5.10 Å². The van der Waals surface area contributed by atoms with E-state index in [4.69, 9.17) is 4.43 Å². The van der Waals surface area contributed by atoms with Crippen LogP contribution in [-0.2, 0) is 11.0 Å². The summed E-state index contributed by atoms with van der Waals surface area (Å²) in [6, 6.07) is 3.21. The van der Waals surface area contributed by atoms with Crippen molar-refractivity contribution >= 4 is 8.32 Å². The highest BCUT2D eigenvalue weighted by Gasteiger charge is 2.20. The molecule has 1 aromatic heterocycles. The molecule has 0 fully saturated rings. The van der Waals surface area contributed by atoms with Gasteiger partial charge in [-0.1, -0.05) is 19.8 Å². The van der Waals surface area contributed by atoms with E-state index in [1.165, 1.54) is 18.9 Å². The topological polar surface area (TPSA) is 27.1 Å². The number of nitrogens with zero attached hydrogens (tertiary/aromatic N) is 2. The maximum Gasteiger partial charge on any atom is 0.186 e. The molecule has 0 N–H and O–H groups in total. The van der Waals surface area contributed by atoms with E-state index in [0.717, 1.165) is 13.2 Å². The zero-order valence-electron chi connectivity index (χ0n) is 10.1. The average Bonchev–Trinajstić information content (AvgIpc) is 2.67. The summed E-state index contributed by atoms with van der Waals surface area (Å²) in [6.07, 6.45) is 6.34. The predicted molar refractivity (Wildman–Crippen MR) is 65.4 cm³/mol. The molecule has 0 aliphatic carbocycles. The molecular formula is C11H22N2OSi. The molecule has 0 aliphatic rings. The Bertz CT molecular complexity index is 260. The molecule has 1 heterocycles. The van der Waals surface area contributed by atoms with Crippen LogP contribution in [0.25, 0.3) is 0 Å². The van der Waals surface area contributed by atoms with Crippen LogP contribution in [0.1, 0.15) is 19.8 Å². The zero-order valence-corrected chi connectivity index (χ0v) is 11.1. The summed E-state index contributed by atoms with van der Waals surface area (Å²) in [4.78, 5) is 0. The quantitative estimate of drug-likeness (QED) is 0.668. The summed E-state index contributed by atoms with van der Waals surface area (Å²) in [5.74, 6) is 0. The molecule has 0 amide bonds. The number of aromatic nitrogens is 2. The van der Waals surface area contributed by atoms with E-state index in [1.807, 2.05) is 16.9 Å². The van der Waals surface area contributed by atoms with Crippen molar-refractivity contribution in [3.63, 3.8) is 0 Å². The molecule has 0 aromatic carbocycles. The van der Waals surface area contributed by atoms with E-state index in [9.17, 15) is 0 Å². The summed E-state index contributed by atoms with van der Waals surface area (Å²) < 4.78 is 7.90. The minimum absolute atomic E-state index is 0.796. The van der Waals surface area contributed by atoms with Crippen molar-refractivity contribution in [1.82, 2.24) is 9.78 Å². The fraction of sp³-hybridized carbons (Fsp3) is 0.727. The molecule has 0 saturated carbocycles. The Morgan fingerprint density at radius 1 is 1.40 bits per heavy atom. The summed E-state index contributed by atoms with van der Waals surface area (Å²) >= 11 is 0. The van der Waals surface area contributed by atoms with Gasteiger partial charge in [0.15, 0.2) is 8.32 Å². The second kappa shape index (κ2) is 6.08. The second-order valence-corrected chi connectivity index (χ2v) is 8.79. The SMILES string of the molecule is CCCC[Si](C)(C)OCCn1cccn1. The van der Waals surface area contributed by atoms with Gasteiger partial charge in [0.25, 0.3) is 0 Å². The summed E-state index contributed by atoms with van der Waals surface area (Å²) in [5, 5.41) is 4.15.